The topological polar surface area (TPSA) is 55.4 Å². The first-order chi connectivity index (χ1) is 16.9. The highest BCUT2D eigenvalue weighted by atomic mass is 79.9. The van der Waals surface area contributed by atoms with Crippen LogP contribution in [0, 0.1) is 10.8 Å². The fraction of sp³-hybridized carbons (Fsp3) is 0.400. The minimum absolute atomic E-state index is 0.113. The summed E-state index contributed by atoms with van der Waals surface area (Å²) in [7, 11) is 0. The van der Waals surface area contributed by atoms with Gasteiger partial charge in [0.2, 0.25) is 0 Å². The van der Waals surface area contributed by atoms with E-state index >= 15 is 0 Å². The van der Waals surface area contributed by atoms with Crippen molar-refractivity contribution in [3.05, 3.63) is 85.6 Å². The van der Waals surface area contributed by atoms with Gasteiger partial charge in [0.25, 0.3) is 0 Å². The Morgan fingerprint density at radius 3 is 2.08 bits per heavy atom. The third kappa shape index (κ3) is 4.92. The summed E-state index contributed by atoms with van der Waals surface area (Å²) in [5, 5.41) is 4.24. The summed E-state index contributed by atoms with van der Waals surface area (Å²) in [5.74, 6) is 0.589. The van der Waals surface area contributed by atoms with Crippen LogP contribution in [-0.4, -0.2) is 11.6 Å². The average molecular weight is 569 g/mol. The van der Waals surface area contributed by atoms with Crippen molar-refractivity contribution in [1.82, 2.24) is 5.32 Å². The molecule has 0 unspecified atom stereocenters. The molecule has 0 aromatic heterocycles. The van der Waals surface area contributed by atoms with Crippen molar-refractivity contribution in [2.75, 3.05) is 0 Å². The molecular formula is C30H31BrClNO3. The summed E-state index contributed by atoms with van der Waals surface area (Å²) in [5.41, 5.74) is 5.13. The standard InChI is InChI=1S/C30H31BrClNO3/c1-29(2)12-21-27(23(34)14-29)26(28-22(33-21)13-30(3,4)15-24(28)35)18-8-9-25(20(31)11-18)36-16-17-6-5-7-19(32)10-17/h5-11,26,33H,12-16H2,1-4H3. The number of dihydropyridines is 1. The largest absolute Gasteiger partial charge is 0.488 e. The predicted molar refractivity (Wildman–Crippen MR) is 146 cm³/mol. The van der Waals surface area contributed by atoms with Crippen LogP contribution < -0.4 is 10.1 Å². The normalized spacial score (nSPS) is 21.2. The summed E-state index contributed by atoms with van der Waals surface area (Å²) in [6.45, 7) is 8.92. The van der Waals surface area contributed by atoms with E-state index in [-0.39, 0.29) is 28.3 Å². The van der Waals surface area contributed by atoms with Crippen LogP contribution in [0.4, 0.5) is 0 Å². The van der Waals surface area contributed by atoms with Gasteiger partial charge in [-0.05, 0) is 75.0 Å². The van der Waals surface area contributed by atoms with Gasteiger partial charge in [0, 0.05) is 46.3 Å². The SMILES string of the molecule is CC1(C)CC(=O)C2=C(C1)NC1=C(C(=O)CC(C)(C)C1)C2c1ccc(OCc2cccc(Cl)c2)c(Br)c1. The summed E-state index contributed by atoms with van der Waals surface area (Å²) >= 11 is 9.78. The van der Waals surface area contributed by atoms with E-state index in [1.165, 1.54) is 0 Å². The Labute approximate surface area is 226 Å². The van der Waals surface area contributed by atoms with Crippen molar-refractivity contribution in [2.45, 2.75) is 65.9 Å². The van der Waals surface area contributed by atoms with Gasteiger partial charge in [-0.15, -0.1) is 0 Å². The molecule has 4 nitrogen and oxygen atoms in total. The molecule has 0 spiro atoms. The summed E-state index contributed by atoms with van der Waals surface area (Å²) < 4.78 is 6.84. The van der Waals surface area contributed by atoms with Gasteiger partial charge in [-0.3, -0.25) is 9.59 Å². The van der Waals surface area contributed by atoms with E-state index in [2.05, 4.69) is 48.9 Å². The van der Waals surface area contributed by atoms with Crippen molar-refractivity contribution >= 4 is 39.1 Å². The van der Waals surface area contributed by atoms with Crippen molar-refractivity contribution in [3.8, 4) is 5.75 Å². The molecule has 36 heavy (non-hydrogen) atoms. The molecular weight excluding hydrogens is 538 g/mol. The van der Waals surface area contributed by atoms with Crippen molar-refractivity contribution in [1.29, 1.82) is 0 Å². The van der Waals surface area contributed by atoms with Gasteiger partial charge in [-0.2, -0.15) is 0 Å². The first-order valence-corrected chi connectivity index (χ1v) is 13.6. The van der Waals surface area contributed by atoms with E-state index in [4.69, 9.17) is 16.3 Å². The van der Waals surface area contributed by atoms with Gasteiger partial charge in [0.05, 0.1) is 4.47 Å². The minimum Gasteiger partial charge on any atom is -0.488 e. The number of rotatable bonds is 4. The number of hydrogen-bond acceptors (Lipinski definition) is 4. The molecule has 0 atom stereocenters. The molecule has 6 heteroatoms. The van der Waals surface area contributed by atoms with E-state index in [0.29, 0.717) is 30.2 Å². The molecule has 0 fully saturated rings. The molecule has 2 aromatic rings. The van der Waals surface area contributed by atoms with Crippen LogP contribution in [0.5, 0.6) is 5.75 Å². The van der Waals surface area contributed by atoms with Crippen LogP contribution in [0.25, 0.3) is 0 Å². The van der Waals surface area contributed by atoms with Crippen molar-refractivity contribution in [3.63, 3.8) is 0 Å². The maximum atomic E-state index is 13.5. The molecule has 1 heterocycles. The van der Waals surface area contributed by atoms with E-state index in [1.54, 1.807) is 0 Å². The highest BCUT2D eigenvalue weighted by Crippen LogP contribution is 2.51. The maximum absolute atomic E-state index is 13.5. The second-order valence-corrected chi connectivity index (χ2v) is 13.1. The number of hydrogen-bond donors (Lipinski definition) is 1. The Morgan fingerprint density at radius 1 is 0.917 bits per heavy atom. The van der Waals surface area contributed by atoms with Gasteiger partial charge in [-0.25, -0.2) is 0 Å². The molecule has 3 aliphatic rings. The van der Waals surface area contributed by atoms with E-state index in [1.807, 2.05) is 42.5 Å². The highest BCUT2D eigenvalue weighted by Gasteiger charge is 2.46. The van der Waals surface area contributed by atoms with Gasteiger partial charge >= 0.3 is 0 Å². The Bertz CT molecular complexity index is 1290. The fourth-order valence-electron chi connectivity index (χ4n) is 5.82. The van der Waals surface area contributed by atoms with E-state index < -0.39 is 0 Å². The summed E-state index contributed by atoms with van der Waals surface area (Å²) in [6.07, 6.45) is 2.54. The van der Waals surface area contributed by atoms with Crippen LogP contribution in [0.15, 0.2) is 69.5 Å². The zero-order valence-corrected chi connectivity index (χ0v) is 23.5. The molecule has 2 aromatic carbocycles. The monoisotopic (exact) mass is 567 g/mol. The van der Waals surface area contributed by atoms with E-state index in [9.17, 15) is 9.59 Å². The Morgan fingerprint density at radius 2 is 1.53 bits per heavy atom. The Balaban J connectivity index is 1.53. The Hall–Kier alpha value is -2.37. The van der Waals surface area contributed by atoms with Crippen LogP contribution in [0.3, 0.4) is 0 Å². The fourth-order valence-corrected chi connectivity index (χ4v) is 6.55. The molecule has 0 saturated carbocycles. The first kappa shape index (κ1) is 25.3. The van der Waals surface area contributed by atoms with Crippen LogP contribution >= 0.6 is 27.5 Å². The molecule has 0 saturated heterocycles. The van der Waals surface area contributed by atoms with Gasteiger partial charge < -0.3 is 10.1 Å². The molecule has 0 amide bonds. The van der Waals surface area contributed by atoms with E-state index in [0.717, 1.165) is 51.0 Å². The molecule has 0 bridgehead atoms. The summed E-state index contributed by atoms with van der Waals surface area (Å²) in [6, 6.07) is 13.5. The minimum atomic E-state index is -0.360. The third-order valence-corrected chi connectivity index (χ3v) is 8.15. The number of benzene rings is 2. The highest BCUT2D eigenvalue weighted by molar-refractivity contribution is 9.10. The smallest absolute Gasteiger partial charge is 0.162 e. The first-order valence-electron chi connectivity index (χ1n) is 12.4. The van der Waals surface area contributed by atoms with Gasteiger partial charge in [-0.1, -0.05) is 57.5 Å². The Kier molecular flexibility index (Phi) is 6.45. The number of carbonyl (C=O) groups excluding carboxylic acids is 2. The number of ketones is 2. The number of halogens is 2. The molecule has 2 aliphatic carbocycles. The van der Waals surface area contributed by atoms with Crippen LogP contribution in [0.2, 0.25) is 5.02 Å². The lowest BCUT2D eigenvalue weighted by molar-refractivity contribution is -0.119. The number of allylic oxidation sites excluding steroid dienone is 4. The molecule has 188 valence electrons. The number of carbonyl (C=O) groups is 2. The van der Waals surface area contributed by atoms with Gasteiger partial charge in [0.1, 0.15) is 12.4 Å². The summed E-state index contributed by atoms with van der Waals surface area (Å²) in [4.78, 5) is 27.0. The molecule has 1 aliphatic heterocycles. The number of Topliss-reactive ketones (excluding diaryl/α,β-unsaturated/α-hetero) is 2. The maximum Gasteiger partial charge on any atom is 0.162 e. The third-order valence-electron chi connectivity index (χ3n) is 7.29. The number of ether oxygens (including phenoxy) is 1. The molecule has 1 N–H and O–H groups in total. The quantitative estimate of drug-likeness (QED) is 0.411. The van der Waals surface area contributed by atoms with Crippen molar-refractivity contribution < 1.29 is 14.3 Å². The lowest BCUT2D eigenvalue weighted by Gasteiger charge is -2.44. The molecule has 5 rings (SSSR count). The molecule has 0 radical (unpaired) electrons. The predicted octanol–water partition coefficient (Wildman–Crippen LogP) is 7.65. The lowest BCUT2D eigenvalue weighted by atomic mass is 9.64. The zero-order chi connectivity index (χ0) is 25.8. The van der Waals surface area contributed by atoms with Gasteiger partial charge in [0.15, 0.2) is 11.6 Å². The number of nitrogens with one attached hydrogen (secondary N) is 1. The second kappa shape index (κ2) is 9.18. The average Bonchev–Trinajstić information content (AvgIpc) is 2.75. The van der Waals surface area contributed by atoms with Crippen LogP contribution in [0.1, 0.15) is 70.4 Å². The second-order valence-electron chi connectivity index (χ2n) is 11.8. The zero-order valence-electron chi connectivity index (χ0n) is 21.1. The lowest BCUT2D eigenvalue weighted by Crippen LogP contribution is -2.42. The van der Waals surface area contributed by atoms with Crippen molar-refractivity contribution in [2.24, 2.45) is 10.8 Å². The van der Waals surface area contributed by atoms with Crippen LogP contribution in [-0.2, 0) is 16.2 Å².